The number of nitrogens with one attached hydrogen (secondary N) is 1. The molecule has 2 aromatic rings. The smallest absolute Gasteiger partial charge is 0.244 e. The maximum absolute atomic E-state index is 11.8. The summed E-state index contributed by atoms with van der Waals surface area (Å²) in [6.07, 6.45) is 3.22. The number of rotatable bonds is 5. The van der Waals surface area contributed by atoms with Crippen LogP contribution in [0.25, 0.3) is 6.08 Å². The van der Waals surface area contributed by atoms with Crippen LogP contribution in [-0.2, 0) is 11.3 Å². The average molecular weight is 297 g/mol. The van der Waals surface area contributed by atoms with Crippen molar-refractivity contribution in [2.45, 2.75) is 6.54 Å². The van der Waals surface area contributed by atoms with E-state index in [1.807, 2.05) is 24.3 Å². The van der Waals surface area contributed by atoms with Crippen LogP contribution in [0.3, 0.4) is 0 Å². The van der Waals surface area contributed by atoms with E-state index >= 15 is 0 Å². The van der Waals surface area contributed by atoms with Crippen molar-refractivity contribution in [3.05, 3.63) is 59.7 Å². The summed E-state index contributed by atoms with van der Waals surface area (Å²) in [5, 5.41) is 2.78. The third kappa shape index (κ3) is 4.28. The second-order valence-electron chi connectivity index (χ2n) is 4.78. The third-order valence-corrected chi connectivity index (χ3v) is 3.17. The van der Waals surface area contributed by atoms with E-state index in [0.29, 0.717) is 17.9 Å². The first-order valence-corrected chi connectivity index (χ1v) is 6.82. The van der Waals surface area contributed by atoms with E-state index in [1.54, 1.807) is 31.4 Å². The number of nitrogens with two attached hydrogens (primary N) is 2. The number of carbonyl (C=O) groups excluding carboxylic acids is 1. The highest BCUT2D eigenvalue weighted by molar-refractivity contribution is 5.91. The van der Waals surface area contributed by atoms with Gasteiger partial charge in [0.15, 0.2) is 0 Å². The van der Waals surface area contributed by atoms with Crippen LogP contribution in [-0.4, -0.2) is 13.0 Å². The molecule has 0 radical (unpaired) electrons. The molecule has 0 aromatic heterocycles. The summed E-state index contributed by atoms with van der Waals surface area (Å²) < 4.78 is 5.08. The average Bonchev–Trinajstić information content (AvgIpc) is 2.52. The molecule has 0 atom stereocenters. The number of hydrogen-bond donors (Lipinski definition) is 3. The Balaban J connectivity index is 1.90. The zero-order chi connectivity index (χ0) is 15.9. The molecule has 5 heteroatoms. The Kier molecular flexibility index (Phi) is 5.03. The van der Waals surface area contributed by atoms with Crippen molar-refractivity contribution in [2.24, 2.45) is 0 Å². The zero-order valence-electron chi connectivity index (χ0n) is 12.4. The van der Waals surface area contributed by atoms with Crippen molar-refractivity contribution in [1.29, 1.82) is 0 Å². The van der Waals surface area contributed by atoms with Crippen LogP contribution in [0.15, 0.2) is 48.5 Å². The molecule has 5 nitrogen and oxygen atoms in total. The van der Waals surface area contributed by atoms with Crippen LogP contribution in [0.1, 0.15) is 11.1 Å². The Morgan fingerprint density at radius 1 is 1.18 bits per heavy atom. The van der Waals surface area contributed by atoms with E-state index in [1.165, 1.54) is 6.08 Å². The SMILES string of the molecule is COc1ccc(/C=C/C(=O)NCc2ccc(N)cc2N)cc1. The third-order valence-electron chi connectivity index (χ3n) is 3.17. The molecule has 114 valence electrons. The highest BCUT2D eigenvalue weighted by Crippen LogP contribution is 2.15. The van der Waals surface area contributed by atoms with Gasteiger partial charge in [-0.1, -0.05) is 18.2 Å². The van der Waals surface area contributed by atoms with E-state index in [9.17, 15) is 4.79 Å². The van der Waals surface area contributed by atoms with Crippen molar-refractivity contribution < 1.29 is 9.53 Å². The van der Waals surface area contributed by atoms with Crippen molar-refractivity contribution in [1.82, 2.24) is 5.32 Å². The van der Waals surface area contributed by atoms with E-state index < -0.39 is 0 Å². The maximum Gasteiger partial charge on any atom is 0.244 e. The van der Waals surface area contributed by atoms with Gasteiger partial charge in [-0.15, -0.1) is 0 Å². The topological polar surface area (TPSA) is 90.4 Å². The zero-order valence-corrected chi connectivity index (χ0v) is 12.4. The minimum atomic E-state index is -0.188. The summed E-state index contributed by atoms with van der Waals surface area (Å²) in [6, 6.07) is 12.7. The number of benzene rings is 2. The number of amides is 1. The second-order valence-corrected chi connectivity index (χ2v) is 4.78. The van der Waals surface area contributed by atoms with Gasteiger partial charge in [-0.05, 0) is 41.5 Å². The quantitative estimate of drug-likeness (QED) is 0.583. The minimum absolute atomic E-state index is 0.188. The van der Waals surface area contributed by atoms with E-state index in [-0.39, 0.29) is 5.91 Å². The number of methoxy groups -OCH3 is 1. The summed E-state index contributed by atoms with van der Waals surface area (Å²) in [4.78, 5) is 11.8. The van der Waals surface area contributed by atoms with Gasteiger partial charge in [0.25, 0.3) is 0 Å². The van der Waals surface area contributed by atoms with Gasteiger partial charge in [0.05, 0.1) is 7.11 Å². The largest absolute Gasteiger partial charge is 0.497 e. The predicted molar refractivity (Wildman–Crippen MR) is 89.1 cm³/mol. The van der Waals surface area contributed by atoms with Gasteiger partial charge in [0, 0.05) is 24.0 Å². The van der Waals surface area contributed by atoms with E-state index in [4.69, 9.17) is 16.2 Å². The maximum atomic E-state index is 11.8. The fraction of sp³-hybridized carbons (Fsp3) is 0.118. The Bertz CT molecular complexity index is 679. The highest BCUT2D eigenvalue weighted by atomic mass is 16.5. The predicted octanol–water partition coefficient (Wildman–Crippen LogP) is 2.19. The van der Waals surface area contributed by atoms with Gasteiger partial charge in [0.2, 0.25) is 5.91 Å². The lowest BCUT2D eigenvalue weighted by Gasteiger charge is -2.07. The van der Waals surface area contributed by atoms with Crippen LogP contribution in [0.2, 0.25) is 0 Å². The molecule has 0 aliphatic heterocycles. The normalized spacial score (nSPS) is 10.6. The lowest BCUT2D eigenvalue weighted by Crippen LogP contribution is -2.20. The van der Waals surface area contributed by atoms with Gasteiger partial charge < -0.3 is 21.5 Å². The van der Waals surface area contributed by atoms with Crippen molar-refractivity contribution >= 4 is 23.4 Å². The molecule has 0 unspecified atom stereocenters. The van der Waals surface area contributed by atoms with E-state index in [2.05, 4.69) is 5.32 Å². The van der Waals surface area contributed by atoms with Gasteiger partial charge >= 0.3 is 0 Å². The first-order chi connectivity index (χ1) is 10.6. The summed E-state index contributed by atoms with van der Waals surface area (Å²) in [6.45, 7) is 0.359. The molecule has 2 rings (SSSR count). The molecule has 0 aliphatic carbocycles. The van der Waals surface area contributed by atoms with Crippen molar-refractivity contribution in [3.63, 3.8) is 0 Å². The van der Waals surface area contributed by atoms with Gasteiger partial charge in [-0.2, -0.15) is 0 Å². The van der Waals surface area contributed by atoms with Crippen LogP contribution < -0.4 is 21.5 Å². The Morgan fingerprint density at radius 2 is 1.91 bits per heavy atom. The fourth-order valence-electron chi connectivity index (χ4n) is 1.90. The lowest BCUT2D eigenvalue weighted by molar-refractivity contribution is -0.116. The molecular formula is C17H19N3O2. The first kappa shape index (κ1) is 15.4. The molecule has 1 amide bonds. The van der Waals surface area contributed by atoms with Gasteiger partial charge in [-0.3, -0.25) is 4.79 Å². The van der Waals surface area contributed by atoms with Crippen molar-refractivity contribution in [3.8, 4) is 5.75 Å². The molecule has 0 spiro atoms. The van der Waals surface area contributed by atoms with Gasteiger partial charge in [0.1, 0.15) is 5.75 Å². The highest BCUT2D eigenvalue weighted by Gasteiger charge is 2.01. The summed E-state index contributed by atoms with van der Waals surface area (Å²) in [7, 11) is 1.61. The van der Waals surface area contributed by atoms with Crippen LogP contribution in [0, 0.1) is 0 Å². The monoisotopic (exact) mass is 297 g/mol. The molecule has 0 saturated heterocycles. The van der Waals surface area contributed by atoms with Crippen LogP contribution in [0.5, 0.6) is 5.75 Å². The Morgan fingerprint density at radius 3 is 2.55 bits per heavy atom. The van der Waals surface area contributed by atoms with Gasteiger partial charge in [-0.25, -0.2) is 0 Å². The number of anilines is 2. The standard InChI is InChI=1S/C17H19N3O2/c1-22-15-7-2-12(3-8-15)4-9-17(21)20-11-13-5-6-14(18)10-16(13)19/h2-10H,11,18-19H2,1H3,(H,20,21)/b9-4+. The second kappa shape index (κ2) is 7.17. The van der Waals surface area contributed by atoms with Crippen molar-refractivity contribution in [2.75, 3.05) is 18.6 Å². The number of carbonyl (C=O) groups is 1. The Labute approximate surface area is 129 Å². The fourth-order valence-corrected chi connectivity index (χ4v) is 1.90. The van der Waals surface area contributed by atoms with Crippen LogP contribution >= 0.6 is 0 Å². The van der Waals surface area contributed by atoms with E-state index in [0.717, 1.165) is 16.9 Å². The molecular weight excluding hydrogens is 278 g/mol. The summed E-state index contributed by atoms with van der Waals surface area (Å²) >= 11 is 0. The molecule has 0 bridgehead atoms. The molecule has 22 heavy (non-hydrogen) atoms. The first-order valence-electron chi connectivity index (χ1n) is 6.82. The molecule has 5 N–H and O–H groups in total. The molecule has 0 saturated carbocycles. The lowest BCUT2D eigenvalue weighted by atomic mass is 10.1. The molecule has 0 heterocycles. The number of ether oxygens (including phenoxy) is 1. The summed E-state index contributed by atoms with van der Waals surface area (Å²) in [5.74, 6) is 0.590. The minimum Gasteiger partial charge on any atom is -0.497 e. The number of hydrogen-bond acceptors (Lipinski definition) is 4. The summed E-state index contributed by atoms with van der Waals surface area (Å²) in [5.41, 5.74) is 14.4. The Hall–Kier alpha value is -2.95. The molecule has 0 aliphatic rings. The molecule has 0 fully saturated rings. The molecule has 2 aromatic carbocycles. The number of nitrogen functional groups attached to an aromatic ring is 2. The van der Waals surface area contributed by atoms with Crippen LogP contribution in [0.4, 0.5) is 11.4 Å².